The molecule has 0 radical (unpaired) electrons. The van der Waals surface area contributed by atoms with Crippen LogP contribution in [0.2, 0.25) is 0 Å². The van der Waals surface area contributed by atoms with Crippen molar-refractivity contribution in [3.05, 3.63) is 40.2 Å². The van der Waals surface area contributed by atoms with Gasteiger partial charge in [0.05, 0.1) is 39.5 Å². The van der Waals surface area contributed by atoms with Crippen molar-refractivity contribution in [2.45, 2.75) is 44.8 Å². The Balaban J connectivity index is 0.000000440. The van der Waals surface area contributed by atoms with E-state index in [1.54, 1.807) is 13.0 Å². The number of hydrogen-bond acceptors (Lipinski definition) is 7. The van der Waals surface area contributed by atoms with Crippen LogP contribution in [0.5, 0.6) is 0 Å². The zero-order chi connectivity index (χ0) is 25.3. The number of nitrogens with zero attached hydrogens (tertiary/aromatic N) is 3. The van der Waals surface area contributed by atoms with Gasteiger partial charge in [-0.15, -0.1) is 11.3 Å². The van der Waals surface area contributed by atoms with Crippen molar-refractivity contribution in [2.24, 2.45) is 0 Å². The summed E-state index contributed by atoms with van der Waals surface area (Å²) in [4.78, 5) is 11.6. The first-order chi connectivity index (χ1) is 16.1. The largest absolute Gasteiger partial charge is 0.420 e. The van der Waals surface area contributed by atoms with E-state index in [0.717, 1.165) is 30.7 Å². The smallest absolute Gasteiger partial charge is 0.379 e. The van der Waals surface area contributed by atoms with E-state index in [0.29, 0.717) is 29.5 Å². The van der Waals surface area contributed by atoms with Gasteiger partial charge in [-0.25, -0.2) is 9.97 Å². The van der Waals surface area contributed by atoms with Gasteiger partial charge in [-0.3, -0.25) is 9.11 Å². The molecule has 0 aromatic carbocycles. The minimum absolute atomic E-state index is 0.157. The molecular formula is C23H33F3N4O2S2. The van der Waals surface area contributed by atoms with E-state index >= 15 is 0 Å². The summed E-state index contributed by atoms with van der Waals surface area (Å²) in [6, 6.07) is 1.56. The summed E-state index contributed by atoms with van der Waals surface area (Å²) in [6.45, 7) is 10.1. The Labute approximate surface area is 206 Å². The summed E-state index contributed by atoms with van der Waals surface area (Å²) in [5.41, 5.74) is 0.421. The molecule has 3 rings (SSSR count). The van der Waals surface area contributed by atoms with Crippen molar-refractivity contribution in [2.75, 3.05) is 46.2 Å². The van der Waals surface area contributed by atoms with Gasteiger partial charge < -0.3 is 10.1 Å². The summed E-state index contributed by atoms with van der Waals surface area (Å²) >= 11 is 1.21. The van der Waals surface area contributed by atoms with E-state index in [9.17, 15) is 17.4 Å². The lowest BCUT2D eigenvalue weighted by Crippen LogP contribution is -2.35. The van der Waals surface area contributed by atoms with E-state index in [1.807, 2.05) is 7.05 Å². The molecular weight excluding hydrogens is 485 g/mol. The zero-order valence-corrected chi connectivity index (χ0v) is 21.9. The Kier molecular flexibility index (Phi) is 11.3. The Morgan fingerprint density at radius 1 is 1.35 bits per heavy atom. The number of rotatable bonds is 7. The van der Waals surface area contributed by atoms with E-state index in [4.69, 9.17) is 4.74 Å². The van der Waals surface area contributed by atoms with Crippen LogP contribution in [0.4, 0.5) is 13.2 Å². The number of aryl methyl sites for hydroxylation is 1. The molecule has 6 nitrogen and oxygen atoms in total. The van der Waals surface area contributed by atoms with Gasteiger partial charge in [-0.1, -0.05) is 11.6 Å². The molecule has 1 N–H and O–H groups in total. The molecule has 3 heterocycles. The third-order valence-electron chi connectivity index (χ3n) is 5.26. The SMILES string of the molecule is C/C=C(\C)CCNC.Cc1ncc(C(F)(F)F)c(-c2cc(S(C)=O)c(CN3CCOCC3)s2)n1. The summed E-state index contributed by atoms with van der Waals surface area (Å²) in [6.07, 6.45) is 1.11. The van der Waals surface area contributed by atoms with Gasteiger partial charge in [0.2, 0.25) is 0 Å². The number of hydrogen-bond donors (Lipinski definition) is 1. The summed E-state index contributed by atoms with van der Waals surface area (Å²) in [5, 5.41) is 3.09. The van der Waals surface area contributed by atoms with Gasteiger partial charge in [0.15, 0.2) is 0 Å². The monoisotopic (exact) mass is 518 g/mol. The quantitative estimate of drug-likeness (QED) is 0.538. The molecule has 34 heavy (non-hydrogen) atoms. The van der Waals surface area contributed by atoms with Crippen LogP contribution in [-0.2, 0) is 28.3 Å². The Morgan fingerprint density at radius 2 is 2.03 bits per heavy atom. The predicted molar refractivity (Wildman–Crippen MR) is 131 cm³/mol. The first-order valence-electron chi connectivity index (χ1n) is 11.0. The van der Waals surface area contributed by atoms with Gasteiger partial charge >= 0.3 is 6.18 Å². The van der Waals surface area contributed by atoms with Crippen LogP contribution in [0.25, 0.3) is 10.6 Å². The highest BCUT2D eigenvalue weighted by atomic mass is 32.2. The third-order valence-corrected chi connectivity index (χ3v) is 7.50. The van der Waals surface area contributed by atoms with Crippen molar-refractivity contribution >= 4 is 22.1 Å². The highest BCUT2D eigenvalue weighted by molar-refractivity contribution is 7.84. The molecule has 1 aliphatic heterocycles. The normalized spacial score (nSPS) is 16.2. The maximum atomic E-state index is 13.3. The molecule has 2 aromatic heterocycles. The standard InChI is InChI=1S/C16H18F3N3O2S2.C7H15N/c1-10-20-8-11(16(17,18)19)15(21-10)12-7-14(26(2)23)13(25-12)9-22-3-5-24-6-4-22;1-4-7(2)5-6-8-3/h7-8H,3-6,9H2,1-2H3;4,8H,5-6H2,1-3H3/b;7-4+. The predicted octanol–water partition coefficient (Wildman–Crippen LogP) is 4.66. The highest BCUT2D eigenvalue weighted by Gasteiger charge is 2.36. The zero-order valence-electron chi connectivity index (χ0n) is 20.3. The van der Waals surface area contributed by atoms with Crippen LogP contribution < -0.4 is 5.32 Å². The second kappa shape index (κ2) is 13.4. The van der Waals surface area contributed by atoms with Crippen LogP contribution in [0.1, 0.15) is 36.5 Å². The van der Waals surface area contributed by atoms with Gasteiger partial charge in [0.1, 0.15) is 11.4 Å². The second-order valence-electron chi connectivity index (χ2n) is 7.91. The summed E-state index contributed by atoms with van der Waals surface area (Å²) in [7, 11) is 0.672. The number of nitrogens with one attached hydrogen (secondary N) is 1. The van der Waals surface area contributed by atoms with Gasteiger partial charge in [0.25, 0.3) is 0 Å². The number of thiophene rings is 1. The second-order valence-corrected chi connectivity index (χ2v) is 10.4. The molecule has 0 spiro atoms. The Bertz CT molecular complexity index is 987. The maximum absolute atomic E-state index is 13.3. The van der Waals surface area contributed by atoms with Crippen LogP contribution in [0, 0.1) is 6.92 Å². The molecule has 11 heteroatoms. The van der Waals surface area contributed by atoms with Crippen LogP contribution in [0.3, 0.4) is 0 Å². The molecule has 1 saturated heterocycles. The van der Waals surface area contributed by atoms with Crippen molar-refractivity contribution in [1.29, 1.82) is 0 Å². The van der Waals surface area contributed by atoms with E-state index in [2.05, 4.69) is 40.1 Å². The lowest BCUT2D eigenvalue weighted by molar-refractivity contribution is -0.137. The minimum atomic E-state index is -4.55. The maximum Gasteiger partial charge on any atom is 0.420 e. The van der Waals surface area contributed by atoms with E-state index < -0.39 is 22.5 Å². The molecule has 2 aromatic rings. The summed E-state index contributed by atoms with van der Waals surface area (Å²) < 4.78 is 57.5. The van der Waals surface area contributed by atoms with Crippen LogP contribution >= 0.6 is 11.3 Å². The number of ether oxygens (including phenoxy) is 1. The molecule has 1 fully saturated rings. The fourth-order valence-electron chi connectivity index (χ4n) is 3.18. The average molecular weight is 519 g/mol. The van der Waals surface area contributed by atoms with Crippen molar-refractivity contribution < 1.29 is 22.1 Å². The molecule has 0 amide bonds. The minimum Gasteiger partial charge on any atom is -0.379 e. The van der Waals surface area contributed by atoms with Gasteiger partial charge in [-0.2, -0.15) is 13.2 Å². The third kappa shape index (κ3) is 8.53. The average Bonchev–Trinajstić information content (AvgIpc) is 3.21. The van der Waals surface area contributed by atoms with Gasteiger partial charge in [0, 0.05) is 37.0 Å². The van der Waals surface area contributed by atoms with E-state index in [-0.39, 0.29) is 11.5 Å². The van der Waals surface area contributed by atoms with Gasteiger partial charge in [-0.05, 0) is 46.9 Å². The molecule has 1 aliphatic rings. The topological polar surface area (TPSA) is 67.4 Å². The summed E-state index contributed by atoms with van der Waals surface area (Å²) in [5.74, 6) is 0.260. The van der Waals surface area contributed by atoms with Crippen molar-refractivity contribution in [3.63, 3.8) is 0 Å². The molecule has 0 bridgehead atoms. The molecule has 190 valence electrons. The Morgan fingerprint density at radius 3 is 2.59 bits per heavy atom. The van der Waals surface area contributed by atoms with Crippen LogP contribution in [-0.4, -0.2) is 65.2 Å². The molecule has 1 atom stereocenters. The molecule has 0 saturated carbocycles. The first-order valence-corrected chi connectivity index (χ1v) is 13.4. The fraction of sp³-hybridized carbons (Fsp3) is 0.565. The molecule has 0 aliphatic carbocycles. The lowest BCUT2D eigenvalue weighted by atomic mass is 10.2. The number of allylic oxidation sites excluding steroid dienone is 1. The Hall–Kier alpha value is -1.66. The number of alkyl halides is 3. The number of aromatic nitrogens is 2. The first kappa shape index (κ1) is 28.6. The van der Waals surface area contributed by atoms with Crippen molar-refractivity contribution in [3.8, 4) is 10.6 Å². The highest BCUT2D eigenvalue weighted by Crippen LogP contribution is 2.40. The lowest BCUT2D eigenvalue weighted by Gasteiger charge is -2.26. The number of morpholine rings is 1. The van der Waals surface area contributed by atoms with Crippen molar-refractivity contribution in [1.82, 2.24) is 20.2 Å². The number of halogens is 3. The fourth-order valence-corrected chi connectivity index (χ4v) is 5.50. The van der Waals surface area contributed by atoms with Crippen LogP contribution in [0.15, 0.2) is 28.8 Å². The molecule has 1 unspecified atom stereocenters. The van der Waals surface area contributed by atoms with E-state index in [1.165, 1.54) is 29.6 Å².